The fraction of sp³-hybridized carbons (Fsp3) is 0.250. The SMILES string of the molecule is COc1cc(C=NNC(=O)CCC(=O)Nc2ccc(C)c(Cl)c2)ccc1C. The van der Waals surface area contributed by atoms with Crippen molar-refractivity contribution < 1.29 is 14.3 Å². The first-order chi connectivity index (χ1) is 12.9. The van der Waals surface area contributed by atoms with E-state index in [2.05, 4.69) is 15.8 Å². The number of rotatable bonds is 7. The molecule has 142 valence electrons. The molecular formula is C20H22ClN3O3. The summed E-state index contributed by atoms with van der Waals surface area (Å²) in [5.74, 6) is 0.137. The second-order valence-corrected chi connectivity index (χ2v) is 6.44. The summed E-state index contributed by atoms with van der Waals surface area (Å²) in [4.78, 5) is 23.7. The van der Waals surface area contributed by atoms with Gasteiger partial charge in [0, 0.05) is 23.6 Å². The van der Waals surface area contributed by atoms with Crippen LogP contribution in [0.25, 0.3) is 0 Å². The zero-order valence-corrected chi connectivity index (χ0v) is 16.3. The minimum atomic E-state index is -0.345. The lowest BCUT2D eigenvalue weighted by Gasteiger charge is -2.06. The van der Waals surface area contributed by atoms with Gasteiger partial charge in [-0.3, -0.25) is 9.59 Å². The molecular weight excluding hydrogens is 366 g/mol. The molecule has 0 saturated carbocycles. The van der Waals surface area contributed by atoms with E-state index < -0.39 is 0 Å². The van der Waals surface area contributed by atoms with Crippen molar-refractivity contribution in [2.45, 2.75) is 26.7 Å². The lowest BCUT2D eigenvalue weighted by molar-refractivity contribution is -0.124. The summed E-state index contributed by atoms with van der Waals surface area (Å²) >= 11 is 6.02. The Hall–Kier alpha value is -2.86. The van der Waals surface area contributed by atoms with E-state index in [1.54, 1.807) is 19.2 Å². The average Bonchev–Trinajstić information content (AvgIpc) is 2.64. The van der Waals surface area contributed by atoms with Crippen molar-refractivity contribution in [3.8, 4) is 5.75 Å². The van der Waals surface area contributed by atoms with Crippen LogP contribution >= 0.6 is 11.6 Å². The molecule has 0 aromatic heterocycles. The van der Waals surface area contributed by atoms with E-state index in [-0.39, 0.29) is 24.7 Å². The number of aryl methyl sites for hydroxylation is 2. The standard InChI is InChI=1S/C20H22ClN3O3/c1-13-5-7-16(11-17(13)21)23-19(25)8-9-20(26)24-22-12-15-6-4-14(2)18(10-15)27-3/h4-7,10-12H,8-9H2,1-3H3,(H,23,25)(H,24,26). The van der Waals surface area contributed by atoms with Crippen molar-refractivity contribution in [3.05, 3.63) is 58.1 Å². The fourth-order valence-corrected chi connectivity index (χ4v) is 2.45. The average molecular weight is 388 g/mol. The maximum atomic E-state index is 11.9. The van der Waals surface area contributed by atoms with Crippen molar-refractivity contribution in [2.24, 2.45) is 5.10 Å². The Balaban J connectivity index is 1.78. The van der Waals surface area contributed by atoms with Gasteiger partial charge in [0.05, 0.1) is 13.3 Å². The Morgan fingerprint density at radius 2 is 1.78 bits per heavy atom. The first-order valence-electron chi connectivity index (χ1n) is 8.41. The topological polar surface area (TPSA) is 79.8 Å². The van der Waals surface area contributed by atoms with Gasteiger partial charge in [-0.1, -0.05) is 29.8 Å². The van der Waals surface area contributed by atoms with Crippen LogP contribution in [0.2, 0.25) is 5.02 Å². The molecule has 2 amide bonds. The summed E-state index contributed by atoms with van der Waals surface area (Å²) < 4.78 is 5.24. The molecule has 0 heterocycles. The van der Waals surface area contributed by atoms with Crippen molar-refractivity contribution in [2.75, 3.05) is 12.4 Å². The van der Waals surface area contributed by atoms with Gasteiger partial charge in [0.1, 0.15) is 5.75 Å². The van der Waals surface area contributed by atoms with E-state index in [0.717, 1.165) is 22.4 Å². The number of amides is 2. The van der Waals surface area contributed by atoms with Crippen LogP contribution < -0.4 is 15.5 Å². The number of benzene rings is 2. The van der Waals surface area contributed by atoms with Crippen molar-refractivity contribution in [3.63, 3.8) is 0 Å². The third-order valence-electron chi connectivity index (χ3n) is 3.87. The zero-order valence-electron chi connectivity index (χ0n) is 15.5. The third kappa shape index (κ3) is 6.42. The Kier molecular flexibility index (Phi) is 7.37. The van der Waals surface area contributed by atoms with E-state index in [1.165, 1.54) is 6.21 Å². The smallest absolute Gasteiger partial charge is 0.240 e. The Labute approximate surface area is 163 Å². The number of methoxy groups -OCH3 is 1. The number of carbonyl (C=O) groups is 2. The van der Waals surface area contributed by atoms with Crippen molar-refractivity contribution in [1.29, 1.82) is 0 Å². The lowest BCUT2D eigenvalue weighted by Crippen LogP contribution is -2.20. The van der Waals surface area contributed by atoms with Crippen LogP contribution in [0, 0.1) is 13.8 Å². The van der Waals surface area contributed by atoms with Gasteiger partial charge in [0.2, 0.25) is 11.8 Å². The number of nitrogens with one attached hydrogen (secondary N) is 2. The van der Waals surface area contributed by atoms with E-state index in [9.17, 15) is 9.59 Å². The predicted octanol–water partition coefficient (Wildman–Crippen LogP) is 3.83. The van der Waals surface area contributed by atoms with E-state index in [0.29, 0.717) is 10.7 Å². The highest BCUT2D eigenvalue weighted by Gasteiger charge is 2.07. The van der Waals surface area contributed by atoms with Gasteiger partial charge in [-0.05, 0) is 48.7 Å². The molecule has 0 spiro atoms. The predicted molar refractivity (Wildman–Crippen MR) is 108 cm³/mol. The molecule has 27 heavy (non-hydrogen) atoms. The van der Waals surface area contributed by atoms with Crippen LogP contribution in [0.3, 0.4) is 0 Å². The first kappa shape index (κ1) is 20.5. The molecule has 6 nitrogen and oxygen atoms in total. The fourth-order valence-electron chi connectivity index (χ4n) is 2.27. The van der Waals surface area contributed by atoms with E-state index in [1.807, 2.05) is 38.1 Å². The van der Waals surface area contributed by atoms with Gasteiger partial charge in [-0.25, -0.2) is 5.43 Å². The molecule has 2 aromatic carbocycles. The molecule has 0 aliphatic rings. The molecule has 7 heteroatoms. The van der Waals surface area contributed by atoms with Crippen LogP contribution in [-0.2, 0) is 9.59 Å². The van der Waals surface area contributed by atoms with Crippen molar-refractivity contribution >= 4 is 35.3 Å². The van der Waals surface area contributed by atoms with Crippen LogP contribution in [0.5, 0.6) is 5.75 Å². The zero-order chi connectivity index (χ0) is 19.8. The second-order valence-electron chi connectivity index (χ2n) is 6.03. The van der Waals surface area contributed by atoms with E-state index in [4.69, 9.17) is 16.3 Å². The maximum Gasteiger partial charge on any atom is 0.240 e. The number of nitrogens with zero attached hydrogens (tertiary/aromatic N) is 1. The normalized spacial score (nSPS) is 10.7. The summed E-state index contributed by atoms with van der Waals surface area (Å²) in [6.07, 6.45) is 1.60. The number of hydrogen-bond donors (Lipinski definition) is 2. The molecule has 0 bridgehead atoms. The number of anilines is 1. The Bertz CT molecular complexity index is 866. The van der Waals surface area contributed by atoms with Gasteiger partial charge >= 0.3 is 0 Å². The third-order valence-corrected chi connectivity index (χ3v) is 4.28. The van der Waals surface area contributed by atoms with Crippen LogP contribution in [-0.4, -0.2) is 25.1 Å². The molecule has 2 N–H and O–H groups in total. The highest BCUT2D eigenvalue weighted by molar-refractivity contribution is 6.31. The molecule has 0 radical (unpaired) electrons. The Morgan fingerprint density at radius 3 is 2.48 bits per heavy atom. The lowest BCUT2D eigenvalue weighted by atomic mass is 10.1. The van der Waals surface area contributed by atoms with Gasteiger partial charge in [0.15, 0.2) is 0 Å². The number of ether oxygens (including phenoxy) is 1. The molecule has 2 rings (SSSR count). The van der Waals surface area contributed by atoms with Crippen LogP contribution in [0.1, 0.15) is 29.5 Å². The van der Waals surface area contributed by atoms with Crippen LogP contribution in [0.15, 0.2) is 41.5 Å². The maximum absolute atomic E-state index is 11.9. The summed E-state index contributed by atoms with van der Waals surface area (Å²) in [6.45, 7) is 3.82. The highest BCUT2D eigenvalue weighted by Crippen LogP contribution is 2.20. The van der Waals surface area contributed by atoms with Gasteiger partial charge in [-0.15, -0.1) is 0 Å². The summed E-state index contributed by atoms with van der Waals surface area (Å²) in [5, 5.41) is 7.19. The second kappa shape index (κ2) is 9.73. The van der Waals surface area contributed by atoms with Crippen LogP contribution in [0.4, 0.5) is 5.69 Å². The summed E-state index contributed by atoms with van der Waals surface area (Å²) in [7, 11) is 1.60. The quantitative estimate of drug-likeness (QED) is 0.559. The van der Waals surface area contributed by atoms with Gasteiger partial charge in [0.25, 0.3) is 0 Å². The largest absolute Gasteiger partial charge is 0.496 e. The monoisotopic (exact) mass is 387 g/mol. The number of hydrazone groups is 1. The molecule has 0 aliphatic carbocycles. The number of carbonyl (C=O) groups excluding carboxylic acids is 2. The highest BCUT2D eigenvalue weighted by atomic mass is 35.5. The molecule has 2 aromatic rings. The molecule has 0 atom stereocenters. The number of hydrogen-bond acceptors (Lipinski definition) is 4. The molecule has 0 unspecified atom stereocenters. The molecule has 0 aliphatic heterocycles. The molecule has 0 saturated heterocycles. The van der Waals surface area contributed by atoms with Crippen molar-refractivity contribution in [1.82, 2.24) is 5.43 Å². The minimum Gasteiger partial charge on any atom is -0.496 e. The number of halogens is 1. The van der Waals surface area contributed by atoms with Gasteiger partial charge < -0.3 is 10.1 Å². The summed E-state index contributed by atoms with van der Waals surface area (Å²) in [6, 6.07) is 10.9. The van der Waals surface area contributed by atoms with E-state index >= 15 is 0 Å². The van der Waals surface area contributed by atoms with Gasteiger partial charge in [-0.2, -0.15) is 5.10 Å². The Morgan fingerprint density at radius 1 is 1.07 bits per heavy atom. The first-order valence-corrected chi connectivity index (χ1v) is 8.79. The summed E-state index contributed by atoms with van der Waals surface area (Å²) in [5.41, 5.74) is 5.75. The molecule has 0 fully saturated rings. The minimum absolute atomic E-state index is 0.0278.